The van der Waals surface area contributed by atoms with Gasteiger partial charge in [-0.3, -0.25) is 4.79 Å². The molecule has 1 N–H and O–H groups in total. The van der Waals surface area contributed by atoms with E-state index in [9.17, 15) is 4.79 Å². The number of nitrogens with one attached hydrogen (secondary N) is 1. The second kappa shape index (κ2) is 9.03. The van der Waals surface area contributed by atoms with Gasteiger partial charge in [-0.1, -0.05) is 35.0 Å². The van der Waals surface area contributed by atoms with Gasteiger partial charge in [0.15, 0.2) is 11.5 Å². The summed E-state index contributed by atoms with van der Waals surface area (Å²) in [6.07, 6.45) is 0.717. The Hall–Kier alpha value is -3.35. The van der Waals surface area contributed by atoms with Crippen molar-refractivity contribution in [1.82, 2.24) is 15.5 Å². The first-order valence-corrected chi connectivity index (χ1v) is 8.96. The molecule has 0 aliphatic heterocycles. The Kier molecular flexibility index (Phi) is 6.26. The summed E-state index contributed by atoms with van der Waals surface area (Å²) in [5, 5.41) is 6.87. The highest BCUT2D eigenvalue weighted by molar-refractivity contribution is 5.78. The molecule has 3 rings (SSSR count). The molecule has 0 saturated heterocycles. The van der Waals surface area contributed by atoms with Crippen LogP contribution in [0.15, 0.2) is 47.0 Å². The fourth-order valence-corrected chi connectivity index (χ4v) is 2.81. The molecule has 2 aromatic carbocycles. The third kappa shape index (κ3) is 4.88. The Morgan fingerprint density at radius 1 is 1.11 bits per heavy atom. The van der Waals surface area contributed by atoms with Gasteiger partial charge in [0.2, 0.25) is 17.6 Å². The van der Waals surface area contributed by atoms with Crippen LogP contribution in [0, 0.1) is 6.92 Å². The lowest BCUT2D eigenvalue weighted by molar-refractivity contribution is -0.120. The van der Waals surface area contributed by atoms with Crippen molar-refractivity contribution in [3.05, 3.63) is 59.5 Å². The highest BCUT2D eigenvalue weighted by Gasteiger charge is 2.11. The first-order valence-electron chi connectivity index (χ1n) is 8.96. The van der Waals surface area contributed by atoms with Crippen molar-refractivity contribution in [2.24, 2.45) is 0 Å². The molecule has 0 radical (unpaired) electrons. The van der Waals surface area contributed by atoms with Crippen LogP contribution in [0.5, 0.6) is 11.5 Å². The number of hydrogen-bond donors (Lipinski definition) is 1. The zero-order valence-corrected chi connectivity index (χ0v) is 16.2. The predicted octanol–water partition coefficient (Wildman–Crippen LogP) is 2.96. The van der Waals surface area contributed by atoms with Gasteiger partial charge >= 0.3 is 0 Å². The second-order valence-corrected chi connectivity index (χ2v) is 6.35. The highest BCUT2D eigenvalue weighted by atomic mass is 16.5. The molecule has 146 valence electrons. The Morgan fingerprint density at radius 2 is 1.93 bits per heavy atom. The first kappa shape index (κ1) is 19.4. The number of amides is 1. The second-order valence-electron chi connectivity index (χ2n) is 6.35. The maximum atomic E-state index is 12.2. The van der Waals surface area contributed by atoms with E-state index in [0.29, 0.717) is 36.2 Å². The molecule has 0 saturated carbocycles. The average molecular weight is 381 g/mol. The molecular formula is C21H23N3O4. The van der Waals surface area contributed by atoms with E-state index in [1.54, 1.807) is 26.4 Å². The Morgan fingerprint density at radius 3 is 2.68 bits per heavy atom. The summed E-state index contributed by atoms with van der Waals surface area (Å²) in [7, 11) is 3.14. The lowest BCUT2D eigenvalue weighted by Crippen LogP contribution is -2.27. The van der Waals surface area contributed by atoms with Crippen molar-refractivity contribution < 1.29 is 18.8 Å². The molecule has 1 heterocycles. The molecule has 0 aliphatic rings. The van der Waals surface area contributed by atoms with E-state index in [1.165, 1.54) is 0 Å². The summed E-state index contributed by atoms with van der Waals surface area (Å²) in [6, 6.07) is 13.3. The summed E-state index contributed by atoms with van der Waals surface area (Å²) >= 11 is 0. The number of benzene rings is 2. The standard InChI is InChI=1S/C21H23N3O4/c1-14-5-4-6-16(11-14)21-23-20(28-24-21)9-10-22-19(25)13-15-7-8-17(26-2)18(12-15)27-3/h4-8,11-12H,9-10,13H2,1-3H3,(H,22,25). The van der Waals surface area contributed by atoms with Crippen LogP contribution >= 0.6 is 0 Å². The van der Waals surface area contributed by atoms with Gasteiger partial charge in [-0.2, -0.15) is 4.98 Å². The molecule has 0 spiro atoms. The Labute approximate surface area is 163 Å². The third-order valence-corrected chi connectivity index (χ3v) is 4.22. The van der Waals surface area contributed by atoms with E-state index in [2.05, 4.69) is 15.5 Å². The molecule has 7 nitrogen and oxygen atoms in total. The van der Waals surface area contributed by atoms with Crippen molar-refractivity contribution >= 4 is 5.91 Å². The molecular weight excluding hydrogens is 358 g/mol. The number of carbonyl (C=O) groups is 1. The van der Waals surface area contributed by atoms with Crippen molar-refractivity contribution in [3.8, 4) is 22.9 Å². The van der Waals surface area contributed by atoms with Crippen LogP contribution in [0.25, 0.3) is 11.4 Å². The van der Waals surface area contributed by atoms with Gasteiger partial charge in [0.1, 0.15) is 0 Å². The quantitative estimate of drug-likeness (QED) is 0.646. The predicted molar refractivity (Wildman–Crippen MR) is 104 cm³/mol. The van der Waals surface area contributed by atoms with Gasteiger partial charge in [-0.25, -0.2) is 0 Å². The zero-order valence-electron chi connectivity index (χ0n) is 16.2. The summed E-state index contributed by atoms with van der Waals surface area (Å²) in [5.74, 6) is 2.18. The SMILES string of the molecule is COc1ccc(CC(=O)NCCc2nc(-c3cccc(C)c3)no2)cc1OC. The van der Waals surface area contributed by atoms with E-state index < -0.39 is 0 Å². The molecule has 0 fully saturated rings. The fourth-order valence-electron chi connectivity index (χ4n) is 2.81. The van der Waals surface area contributed by atoms with Crippen molar-refractivity contribution in [2.75, 3.05) is 20.8 Å². The highest BCUT2D eigenvalue weighted by Crippen LogP contribution is 2.27. The number of aromatic nitrogens is 2. The summed E-state index contributed by atoms with van der Waals surface area (Å²) < 4.78 is 15.7. The maximum Gasteiger partial charge on any atom is 0.228 e. The lowest BCUT2D eigenvalue weighted by atomic mass is 10.1. The van der Waals surface area contributed by atoms with Crippen LogP contribution in [0.4, 0.5) is 0 Å². The monoisotopic (exact) mass is 381 g/mol. The molecule has 0 unspecified atom stereocenters. The number of carbonyl (C=O) groups excluding carboxylic acids is 1. The molecule has 1 amide bonds. The largest absolute Gasteiger partial charge is 0.493 e. The molecule has 3 aromatic rings. The number of ether oxygens (including phenoxy) is 2. The van der Waals surface area contributed by atoms with Crippen LogP contribution in [0.1, 0.15) is 17.0 Å². The van der Waals surface area contributed by atoms with Crippen LogP contribution in [0.3, 0.4) is 0 Å². The van der Waals surface area contributed by atoms with Crippen LogP contribution in [0.2, 0.25) is 0 Å². The smallest absolute Gasteiger partial charge is 0.228 e. The van der Waals surface area contributed by atoms with Gasteiger partial charge in [0.25, 0.3) is 0 Å². The number of methoxy groups -OCH3 is 2. The Bertz CT molecular complexity index is 952. The van der Waals surface area contributed by atoms with E-state index in [0.717, 1.165) is 16.7 Å². The normalized spacial score (nSPS) is 10.5. The summed E-state index contributed by atoms with van der Waals surface area (Å²) in [6.45, 7) is 2.43. The van der Waals surface area contributed by atoms with E-state index in [4.69, 9.17) is 14.0 Å². The van der Waals surface area contributed by atoms with Gasteiger partial charge in [0.05, 0.1) is 20.6 Å². The number of rotatable bonds is 8. The minimum absolute atomic E-state index is 0.0920. The molecule has 0 bridgehead atoms. The summed E-state index contributed by atoms with van der Waals surface area (Å²) in [4.78, 5) is 16.6. The minimum Gasteiger partial charge on any atom is -0.493 e. The lowest BCUT2D eigenvalue weighted by Gasteiger charge is -2.09. The zero-order chi connectivity index (χ0) is 19.9. The fraction of sp³-hybridized carbons (Fsp3) is 0.286. The van der Waals surface area contributed by atoms with E-state index >= 15 is 0 Å². The molecule has 0 aliphatic carbocycles. The van der Waals surface area contributed by atoms with Crippen LogP contribution < -0.4 is 14.8 Å². The maximum absolute atomic E-state index is 12.2. The topological polar surface area (TPSA) is 86.5 Å². The molecule has 1 aromatic heterocycles. The van der Waals surface area contributed by atoms with Gasteiger partial charge in [-0.15, -0.1) is 0 Å². The van der Waals surface area contributed by atoms with Gasteiger partial charge in [0, 0.05) is 18.5 Å². The average Bonchev–Trinajstić information content (AvgIpc) is 3.17. The van der Waals surface area contributed by atoms with Crippen molar-refractivity contribution in [2.45, 2.75) is 19.8 Å². The van der Waals surface area contributed by atoms with Crippen LogP contribution in [-0.4, -0.2) is 36.8 Å². The van der Waals surface area contributed by atoms with Crippen molar-refractivity contribution in [3.63, 3.8) is 0 Å². The minimum atomic E-state index is -0.0920. The van der Waals surface area contributed by atoms with E-state index in [1.807, 2.05) is 37.3 Å². The third-order valence-electron chi connectivity index (χ3n) is 4.22. The molecule has 28 heavy (non-hydrogen) atoms. The number of aryl methyl sites for hydroxylation is 1. The van der Waals surface area contributed by atoms with Gasteiger partial charge < -0.3 is 19.3 Å². The van der Waals surface area contributed by atoms with Crippen molar-refractivity contribution in [1.29, 1.82) is 0 Å². The Balaban J connectivity index is 1.51. The van der Waals surface area contributed by atoms with Crippen LogP contribution in [-0.2, 0) is 17.6 Å². The number of hydrogen-bond acceptors (Lipinski definition) is 6. The molecule has 7 heteroatoms. The molecule has 0 atom stereocenters. The first-order chi connectivity index (χ1) is 13.6. The van der Waals surface area contributed by atoms with E-state index in [-0.39, 0.29) is 12.3 Å². The summed E-state index contributed by atoms with van der Waals surface area (Å²) in [5.41, 5.74) is 2.88. The van der Waals surface area contributed by atoms with Gasteiger partial charge in [-0.05, 0) is 30.7 Å². The number of nitrogens with zero attached hydrogens (tertiary/aromatic N) is 2.